The Morgan fingerprint density at radius 2 is 2.57 bits per heavy atom. The van der Waals surface area contributed by atoms with E-state index in [1.165, 1.54) is 0 Å². The maximum Gasteiger partial charge on any atom is 0.191 e. The number of aryl methyl sites for hydroxylation is 1. The van der Waals surface area contributed by atoms with Crippen LogP contribution in [0.4, 0.5) is 0 Å². The van der Waals surface area contributed by atoms with E-state index in [1.54, 1.807) is 25.1 Å². The molecule has 3 rings (SSSR count). The van der Waals surface area contributed by atoms with Gasteiger partial charge in [0.1, 0.15) is 12.2 Å². The van der Waals surface area contributed by atoms with Crippen LogP contribution in [0.25, 0.3) is 0 Å². The highest BCUT2D eigenvalue weighted by Crippen LogP contribution is 2.26. The molecule has 2 aliphatic rings. The number of rotatable bonds is 3. The van der Waals surface area contributed by atoms with E-state index in [2.05, 4.69) is 25.7 Å². The summed E-state index contributed by atoms with van der Waals surface area (Å²) in [6, 6.07) is 0.290. The summed E-state index contributed by atoms with van der Waals surface area (Å²) in [5.41, 5.74) is -0.603. The van der Waals surface area contributed by atoms with Crippen LogP contribution in [-0.4, -0.2) is 62.6 Å². The molecule has 21 heavy (non-hydrogen) atoms. The highest BCUT2D eigenvalue weighted by molar-refractivity contribution is 7.99. The second-order valence-electron chi connectivity index (χ2n) is 5.69. The van der Waals surface area contributed by atoms with Crippen LogP contribution in [0.3, 0.4) is 0 Å². The molecule has 0 bridgehead atoms. The van der Waals surface area contributed by atoms with Crippen molar-refractivity contribution in [3.8, 4) is 0 Å². The zero-order valence-corrected chi connectivity index (χ0v) is 13.1. The largest absolute Gasteiger partial charge is 0.387 e. The van der Waals surface area contributed by atoms with Crippen LogP contribution in [-0.2, 0) is 13.0 Å². The van der Waals surface area contributed by atoms with Crippen LogP contribution in [0, 0.1) is 0 Å². The van der Waals surface area contributed by atoms with Crippen molar-refractivity contribution < 1.29 is 5.11 Å². The summed E-state index contributed by atoms with van der Waals surface area (Å²) in [7, 11) is 1.76. The zero-order chi connectivity index (χ0) is 14.7. The number of nitrogens with zero attached hydrogens (tertiary/aromatic N) is 4. The average Bonchev–Trinajstić information content (AvgIpc) is 3.12. The van der Waals surface area contributed by atoms with Crippen molar-refractivity contribution in [3.63, 3.8) is 0 Å². The molecule has 1 fully saturated rings. The number of aliphatic imine (C=N–C) groups is 1. The monoisotopic (exact) mass is 310 g/mol. The summed E-state index contributed by atoms with van der Waals surface area (Å²) in [5, 5.41) is 21.2. The fourth-order valence-corrected chi connectivity index (χ4v) is 4.02. The lowest BCUT2D eigenvalue weighted by atomic mass is 10.0. The Balaban J connectivity index is 1.51. The summed E-state index contributed by atoms with van der Waals surface area (Å²) in [6.45, 7) is 1.34. The third-order valence-electron chi connectivity index (χ3n) is 4.04. The first-order valence-corrected chi connectivity index (χ1v) is 8.48. The van der Waals surface area contributed by atoms with Gasteiger partial charge in [-0.2, -0.15) is 16.9 Å². The lowest BCUT2D eigenvalue weighted by molar-refractivity contribution is 0.0723. The first kappa shape index (κ1) is 14.6. The molecule has 0 amide bonds. The molecular weight excluding hydrogens is 288 g/mol. The Bertz CT molecular complexity index is 511. The highest BCUT2D eigenvalue weighted by Gasteiger charge is 2.32. The first-order valence-electron chi connectivity index (χ1n) is 7.32. The van der Waals surface area contributed by atoms with Gasteiger partial charge in [0.2, 0.25) is 0 Å². The van der Waals surface area contributed by atoms with Gasteiger partial charge < -0.3 is 15.7 Å². The lowest BCUT2D eigenvalue weighted by Gasteiger charge is -2.27. The van der Waals surface area contributed by atoms with E-state index >= 15 is 0 Å². The van der Waals surface area contributed by atoms with E-state index in [1.807, 2.05) is 4.68 Å². The molecule has 8 heteroatoms. The molecule has 1 aromatic heterocycles. The molecule has 0 radical (unpaired) electrons. The number of thioether (sulfide) groups is 1. The Hall–Kier alpha value is -1.28. The summed E-state index contributed by atoms with van der Waals surface area (Å²) in [4.78, 5) is 8.48. The molecule has 0 aromatic carbocycles. The fourth-order valence-electron chi connectivity index (χ4n) is 2.73. The SMILES string of the molecule is CN=C(NCC1(O)CCSC1)NC1CCc2ncnn2C1. The van der Waals surface area contributed by atoms with Crippen molar-refractivity contribution in [1.82, 2.24) is 25.4 Å². The van der Waals surface area contributed by atoms with Crippen LogP contribution in [0.15, 0.2) is 11.3 Å². The predicted molar refractivity (Wildman–Crippen MR) is 83.5 cm³/mol. The first-order chi connectivity index (χ1) is 10.2. The van der Waals surface area contributed by atoms with Gasteiger partial charge in [0.15, 0.2) is 5.96 Å². The minimum atomic E-state index is -0.603. The maximum absolute atomic E-state index is 10.4. The molecule has 2 atom stereocenters. The van der Waals surface area contributed by atoms with Gasteiger partial charge in [0, 0.05) is 31.8 Å². The molecule has 2 unspecified atom stereocenters. The second-order valence-corrected chi connectivity index (χ2v) is 6.80. The molecule has 3 heterocycles. The van der Waals surface area contributed by atoms with Crippen LogP contribution in [0.1, 0.15) is 18.7 Å². The zero-order valence-electron chi connectivity index (χ0n) is 12.2. The minimum absolute atomic E-state index is 0.290. The molecule has 3 N–H and O–H groups in total. The van der Waals surface area contributed by atoms with Crippen LogP contribution in [0.5, 0.6) is 0 Å². The van der Waals surface area contributed by atoms with Gasteiger partial charge in [-0.15, -0.1) is 0 Å². The van der Waals surface area contributed by atoms with E-state index in [4.69, 9.17) is 0 Å². The van der Waals surface area contributed by atoms with Crippen LogP contribution >= 0.6 is 11.8 Å². The molecule has 2 aliphatic heterocycles. The van der Waals surface area contributed by atoms with Crippen molar-refractivity contribution in [2.24, 2.45) is 4.99 Å². The van der Waals surface area contributed by atoms with Gasteiger partial charge in [0.05, 0.1) is 12.1 Å². The van der Waals surface area contributed by atoms with Gasteiger partial charge in [0.25, 0.3) is 0 Å². The molecule has 0 saturated carbocycles. The predicted octanol–water partition coefficient (Wildman–Crippen LogP) is -0.374. The molecule has 1 aromatic rings. The van der Waals surface area contributed by atoms with Crippen molar-refractivity contribution >= 4 is 17.7 Å². The van der Waals surface area contributed by atoms with Crippen molar-refractivity contribution in [2.45, 2.75) is 37.5 Å². The van der Waals surface area contributed by atoms with Crippen molar-refractivity contribution in [3.05, 3.63) is 12.2 Å². The number of fused-ring (bicyclic) bond motifs is 1. The van der Waals surface area contributed by atoms with Gasteiger partial charge in [-0.25, -0.2) is 9.67 Å². The quantitative estimate of drug-likeness (QED) is 0.521. The van der Waals surface area contributed by atoms with E-state index in [0.29, 0.717) is 6.54 Å². The third-order valence-corrected chi connectivity index (χ3v) is 5.27. The lowest BCUT2D eigenvalue weighted by Crippen LogP contribution is -2.51. The summed E-state index contributed by atoms with van der Waals surface area (Å²) in [6.07, 6.45) is 4.39. The number of aliphatic hydroxyl groups is 1. The number of nitrogens with one attached hydrogen (secondary N) is 2. The van der Waals surface area contributed by atoms with Gasteiger partial charge in [-0.05, 0) is 18.6 Å². The third kappa shape index (κ3) is 3.49. The Labute approximate surface area is 128 Å². The summed E-state index contributed by atoms with van der Waals surface area (Å²) >= 11 is 1.80. The number of guanidine groups is 1. The number of hydrogen-bond acceptors (Lipinski definition) is 5. The Morgan fingerprint density at radius 1 is 1.67 bits per heavy atom. The highest BCUT2D eigenvalue weighted by atomic mass is 32.2. The van der Waals surface area contributed by atoms with Gasteiger partial charge >= 0.3 is 0 Å². The number of aromatic nitrogens is 3. The van der Waals surface area contributed by atoms with Crippen LogP contribution in [0.2, 0.25) is 0 Å². The molecule has 0 spiro atoms. The normalized spacial score (nSPS) is 29.2. The molecule has 7 nitrogen and oxygen atoms in total. The van der Waals surface area contributed by atoms with E-state index in [-0.39, 0.29) is 6.04 Å². The minimum Gasteiger partial charge on any atom is -0.387 e. The summed E-state index contributed by atoms with van der Waals surface area (Å²) < 4.78 is 1.94. The smallest absolute Gasteiger partial charge is 0.191 e. The van der Waals surface area contributed by atoms with E-state index in [9.17, 15) is 5.11 Å². The molecular formula is C13H22N6OS. The second kappa shape index (κ2) is 6.23. The number of hydrogen-bond donors (Lipinski definition) is 3. The van der Waals surface area contributed by atoms with Crippen molar-refractivity contribution in [2.75, 3.05) is 25.1 Å². The molecule has 116 valence electrons. The van der Waals surface area contributed by atoms with Gasteiger partial charge in [-0.1, -0.05) is 0 Å². The van der Waals surface area contributed by atoms with Crippen LogP contribution < -0.4 is 10.6 Å². The molecule has 1 saturated heterocycles. The van der Waals surface area contributed by atoms with Crippen molar-refractivity contribution in [1.29, 1.82) is 0 Å². The summed E-state index contributed by atoms with van der Waals surface area (Å²) in [5.74, 6) is 3.62. The average molecular weight is 310 g/mol. The Morgan fingerprint density at radius 3 is 3.33 bits per heavy atom. The van der Waals surface area contributed by atoms with E-state index in [0.717, 1.165) is 49.1 Å². The maximum atomic E-state index is 10.4. The molecule has 0 aliphatic carbocycles. The van der Waals surface area contributed by atoms with E-state index < -0.39 is 5.60 Å². The standard InChI is InChI=1S/C13H22N6OS/c1-14-12(15-7-13(20)4-5-21-8-13)18-10-2-3-11-16-9-17-19(11)6-10/h9-10,20H,2-8H2,1H3,(H2,14,15,18). The topological polar surface area (TPSA) is 87.4 Å². The fraction of sp³-hybridized carbons (Fsp3) is 0.769. The Kier molecular flexibility index (Phi) is 4.34. The van der Waals surface area contributed by atoms with Gasteiger partial charge in [-0.3, -0.25) is 4.99 Å².